The molecule has 20 heteroatoms. The first-order valence-corrected chi connectivity index (χ1v) is 18.5. The molecule has 0 saturated heterocycles. The number of benzene rings is 5. The van der Waals surface area contributed by atoms with Crippen molar-refractivity contribution in [3.63, 3.8) is 0 Å². The van der Waals surface area contributed by atoms with Gasteiger partial charge >= 0.3 is 11.9 Å². The summed E-state index contributed by atoms with van der Waals surface area (Å²) < 4.78 is 11.9. The summed E-state index contributed by atoms with van der Waals surface area (Å²) in [4.78, 5) is 66.5. The van der Waals surface area contributed by atoms with Gasteiger partial charge in [0.05, 0.1) is 0 Å². The van der Waals surface area contributed by atoms with Crippen molar-refractivity contribution in [1.29, 1.82) is 0 Å². The van der Waals surface area contributed by atoms with Crippen LogP contribution < -0.4 is 36.9 Å². The molecule has 320 valence electrons. The Morgan fingerprint density at radius 3 is 2.08 bits per heavy atom. The quantitative estimate of drug-likeness (QED) is 0.116. The second-order valence-electron chi connectivity index (χ2n) is 14.4. The fourth-order valence-electron chi connectivity index (χ4n) is 6.99. The molecule has 8 bridgehead atoms. The van der Waals surface area contributed by atoms with Gasteiger partial charge in [0.15, 0.2) is 17.5 Å². The van der Waals surface area contributed by atoms with Gasteiger partial charge < -0.3 is 77.7 Å². The highest BCUT2D eigenvalue weighted by Crippen LogP contribution is 2.46. The molecule has 20 nitrogen and oxygen atoms in total. The predicted molar refractivity (Wildman–Crippen MR) is 212 cm³/mol. The lowest BCUT2D eigenvalue weighted by molar-refractivity contribution is -0.143. The molecule has 0 radical (unpaired) electrons. The Balaban J connectivity index is 1.37. The van der Waals surface area contributed by atoms with Gasteiger partial charge in [-0.2, -0.15) is 0 Å². The topological polar surface area (TPSA) is 354 Å². The Labute approximate surface area is 349 Å². The van der Waals surface area contributed by atoms with Crippen molar-refractivity contribution in [2.75, 3.05) is 0 Å². The fraction of sp³-hybridized carbons (Fsp3) is 0.167. The van der Waals surface area contributed by atoms with Crippen LogP contribution in [0.2, 0.25) is 0 Å². The van der Waals surface area contributed by atoms with E-state index in [2.05, 4.69) is 16.0 Å². The molecule has 8 rings (SSSR count). The fourth-order valence-corrected chi connectivity index (χ4v) is 6.99. The highest BCUT2D eigenvalue weighted by atomic mass is 16.5. The van der Waals surface area contributed by atoms with Crippen molar-refractivity contribution in [3.05, 3.63) is 119 Å². The van der Waals surface area contributed by atoms with Crippen molar-refractivity contribution >= 4 is 29.7 Å². The molecule has 7 atom stereocenters. The molecular formula is C42H37N5O15. The number of aromatic hydroxyl groups is 4. The van der Waals surface area contributed by atoms with Crippen LogP contribution in [-0.2, 0) is 24.0 Å². The third-order valence-corrected chi connectivity index (χ3v) is 10.3. The highest BCUT2D eigenvalue weighted by molar-refractivity contribution is 5.97. The molecule has 3 heterocycles. The van der Waals surface area contributed by atoms with Crippen molar-refractivity contribution in [3.8, 4) is 57.1 Å². The van der Waals surface area contributed by atoms with Crippen molar-refractivity contribution in [1.82, 2.24) is 16.0 Å². The van der Waals surface area contributed by atoms with Crippen LogP contribution >= 0.6 is 0 Å². The van der Waals surface area contributed by atoms with E-state index in [4.69, 9.17) is 20.9 Å². The largest absolute Gasteiger partial charge is 0.508 e. The number of carboxylic acids is 2. The van der Waals surface area contributed by atoms with Crippen LogP contribution in [0.5, 0.6) is 46.0 Å². The number of phenolic OH excluding ortho intramolecular Hbond substituents is 4. The van der Waals surface area contributed by atoms with Crippen LogP contribution in [0, 0.1) is 0 Å². The molecule has 15 N–H and O–H groups in total. The molecule has 0 aromatic heterocycles. The Kier molecular flexibility index (Phi) is 11.3. The molecule has 5 aromatic carbocycles. The number of carbonyl (C=O) groups is 5. The summed E-state index contributed by atoms with van der Waals surface area (Å²) >= 11 is 0. The number of phenols is 4. The smallest absolute Gasteiger partial charge is 0.330 e. The third-order valence-electron chi connectivity index (χ3n) is 10.3. The molecule has 3 amide bonds. The summed E-state index contributed by atoms with van der Waals surface area (Å²) in [5.74, 6) is -9.52. The maximum absolute atomic E-state index is 14.3. The van der Waals surface area contributed by atoms with Gasteiger partial charge in [0.25, 0.3) is 0 Å². The highest BCUT2D eigenvalue weighted by Gasteiger charge is 2.39. The first-order chi connectivity index (χ1) is 29.4. The average molecular weight is 852 g/mol. The normalized spacial score (nSPS) is 20.8. The zero-order chi connectivity index (χ0) is 44.7. The van der Waals surface area contributed by atoms with Gasteiger partial charge in [-0.3, -0.25) is 19.2 Å². The average Bonchev–Trinajstić information content (AvgIpc) is 3.23. The lowest BCUT2D eigenvalue weighted by Crippen LogP contribution is -2.54. The van der Waals surface area contributed by atoms with Crippen LogP contribution in [0.15, 0.2) is 91.0 Å². The van der Waals surface area contributed by atoms with Gasteiger partial charge in [-0.15, -0.1) is 0 Å². The van der Waals surface area contributed by atoms with E-state index in [0.29, 0.717) is 0 Å². The van der Waals surface area contributed by atoms with Crippen molar-refractivity contribution < 1.29 is 74.3 Å². The number of hydrogen-bond acceptors (Lipinski definition) is 15. The molecule has 3 aliphatic heterocycles. The van der Waals surface area contributed by atoms with Gasteiger partial charge in [-0.1, -0.05) is 30.3 Å². The van der Waals surface area contributed by atoms with E-state index < -0.39 is 101 Å². The van der Waals surface area contributed by atoms with E-state index in [0.717, 1.165) is 24.3 Å². The van der Waals surface area contributed by atoms with E-state index >= 15 is 0 Å². The molecule has 0 fully saturated rings. The number of aliphatic hydroxyl groups excluding tert-OH is 2. The van der Waals surface area contributed by atoms with Crippen molar-refractivity contribution in [2.45, 2.75) is 42.4 Å². The van der Waals surface area contributed by atoms with Gasteiger partial charge in [0.1, 0.15) is 65.1 Å². The monoisotopic (exact) mass is 851 g/mol. The Bertz CT molecular complexity index is 2620. The van der Waals surface area contributed by atoms with E-state index in [9.17, 15) is 64.8 Å². The lowest BCUT2D eigenvalue weighted by atomic mass is 9.89. The van der Waals surface area contributed by atoms with Crippen LogP contribution in [0.25, 0.3) is 11.1 Å². The maximum Gasteiger partial charge on any atom is 0.330 e. The van der Waals surface area contributed by atoms with E-state index in [-0.39, 0.29) is 56.4 Å². The first-order valence-electron chi connectivity index (χ1n) is 18.5. The molecule has 0 aliphatic carbocycles. The van der Waals surface area contributed by atoms with Crippen molar-refractivity contribution in [2.24, 2.45) is 11.5 Å². The second kappa shape index (κ2) is 16.6. The molecule has 62 heavy (non-hydrogen) atoms. The van der Waals surface area contributed by atoms with Crippen LogP contribution in [0.3, 0.4) is 0 Å². The number of carboxylic acid groups (broad SMARTS) is 2. The minimum atomic E-state index is -2.04. The standard InChI is InChI=1S/C42H37N5O15/c43-30-19-12-27(61-21-6-1-16(2-7-21)35(51)31(44)41(57)58)37(53)28(13-19)62-22-8-3-17(4-9-22)36(52)34-40(56)46-33(42(59)60)24-14-20(48)15-26(50)29(24)23-11-18(5-10-25(23)49)32(39(55)47-34)45-38(30)54/h1-15,30-36,48-53H,43-44H2,(H,45,54)(H,46,56)(H,47,55)(H,57,58)(H,59,60). The molecule has 7 unspecified atom stereocenters. The van der Waals surface area contributed by atoms with Gasteiger partial charge in [-0.25, -0.2) is 4.79 Å². The number of aliphatic carboxylic acids is 2. The Hall–Kier alpha value is -7.91. The molecule has 5 aromatic rings. The Morgan fingerprint density at radius 1 is 0.742 bits per heavy atom. The van der Waals surface area contributed by atoms with Crippen LogP contribution in [0.4, 0.5) is 0 Å². The number of ether oxygens (including phenoxy) is 2. The van der Waals surface area contributed by atoms with Crippen LogP contribution in [0.1, 0.15) is 58.2 Å². The minimum Gasteiger partial charge on any atom is -0.508 e. The predicted octanol–water partition coefficient (Wildman–Crippen LogP) is 1.85. The number of nitrogens with one attached hydrogen (secondary N) is 3. The van der Waals surface area contributed by atoms with E-state index in [1.165, 1.54) is 66.7 Å². The molecule has 0 spiro atoms. The summed E-state index contributed by atoms with van der Waals surface area (Å²) in [6.07, 6.45) is -3.48. The number of carbonyl (C=O) groups excluding carboxylic acids is 3. The summed E-state index contributed by atoms with van der Waals surface area (Å²) in [6.45, 7) is 0. The molecule has 3 aliphatic rings. The number of hydrogen-bond donors (Lipinski definition) is 13. The lowest BCUT2D eigenvalue weighted by Gasteiger charge is -2.30. The van der Waals surface area contributed by atoms with Gasteiger partial charge in [0, 0.05) is 22.8 Å². The summed E-state index contributed by atoms with van der Waals surface area (Å²) in [7, 11) is 0. The van der Waals surface area contributed by atoms with E-state index in [1.807, 2.05) is 0 Å². The summed E-state index contributed by atoms with van der Waals surface area (Å²) in [5, 5.41) is 92.5. The van der Waals surface area contributed by atoms with Gasteiger partial charge in [0.2, 0.25) is 23.5 Å². The summed E-state index contributed by atoms with van der Waals surface area (Å²) in [6, 6.07) is 9.23. The van der Waals surface area contributed by atoms with Crippen LogP contribution in [-0.4, -0.2) is 82.6 Å². The van der Waals surface area contributed by atoms with Gasteiger partial charge in [-0.05, 0) is 76.9 Å². The number of aliphatic hydroxyl groups is 2. The minimum absolute atomic E-state index is 0.00560. The number of fused-ring (bicyclic) bond motifs is 8. The first kappa shape index (κ1) is 42.2. The molecular weight excluding hydrogens is 814 g/mol. The molecule has 0 saturated carbocycles. The number of nitrogens with two attached hydrogens (primary N) is 2. The zero-order valence-electron chi connectivity index (χ0n) is 31.8. The maximum atomic E-state index is 14.3. The summed E-state index contributed by atoms with van der Waals surface area (Å²) in [5.41, 5.74) is 11.0. The SMILES string of the molecule is NC1C(=O)NC2C(=O)NC(C(=O)NC(C(=O)O)c3cc(O)cc(O)c3-c3cc2ccc3O)C(O)c2ccc(cc2)Oc2cc1cc(Oc1ccc(C(O)C(N)C(=O)O)cc1)c2O. The number of amides is 3. The Morgan fingerprint density at radius 2 is 1.42 bits per heavy atom. The number of rotatable bonds is 6. The zero-order valence-corrected chi connectivity index (χ0v) is 31.8. The second-order valence-corrected chi connectivity index (χ2v) is 14.4. The van der Waals surface area contributed by atoms with E-state index in [1.54, 1.807) is 0 Å². The third kappa shape index (κ3) is 8.16.